The summed E-state index contributed by atoms with van der Waals surface area (Å²) in [5.74, 6) is 0. The Bertz CT molecular complexity index is 210. The van der Waals surface area contributed by atoms with Gasteiger partial charge in [0.1, 0.15) is 6.61 Å². The van der Waals surface area contributed by atoms with Crippen LogP contribution in [0.5, 0.6) is 0 Å². The lowest BCUT2D eigenvalue weighted by atomic mass is 10.1. The molecule has 0 radical (unpaired) electrons. The first-order chi connectivity index (χ1) is 9.49. The first-order valence-electron chi connectivity index (χ1n) is 7.87. The Kier molecular flexibility index (Phi) is 12.3. The summed E-state index contributed by atoms with van der Waals surface area (Å²) in [6, 6.07) is 0.0398. The molecule has 0 aromatic heterocycles. The van der Waals surface area contributed by atoms with Gasteiger partial charge in [-0.05, 0) is 13.0 Å². The van der Waals surface area contributed by atoms with Crippen molar-refractivity contribution in [2.24, 2.45) is 0 Å². The molecule has 122 valence electrons. The van der Waals surface area contributed by atoms with Crippen LogP contribution in [0.15, 0.2) is 0 Å². The standard InChI is InChI=1S/C15H30F3NO/c1-3-5-6-7-8-9-10-11-14(19-4-2)12-20-13-15(16,17)18/h14,19H,3-13H2,1-2H3. The number of unbranched alkanes of at least 4 members (excludes halogenated alkanes) is 6. The van der Waals surface area contributed by atoms with E-state index in [0.717, 1.165) is 25.8 Å². The first-order valence-corrected chi connectivity index (χ1v) is 7.87. The Hall–Kier alpha value is -0.290. The summed E-state index contributed by atoms with van der Waals surface area (Å²) in [5.41, 5.74) is 0. The molecule has 5 heteroatoms. The van der Waals surface area contributed by atoms with Gasteiger partial charge in [-0.15, -0.1) is 0 Å². The quantitative estimate of drug-likeness (QED) is 0.498. The Morgan fingerprint density at radius 1 is 0.950 bits per heavy atom. The van der Waals surface area contributed by atoms with Gasteiger partial charge in [0.15, 0.2) is 0 Å². The molecule has 0 saturated carbocycles. The molecule has 0 aromatic carbocycles. The zero-order valence-corrected chi connectivity index (χ0v) is 12.9. The highest BCUT2D eigenvalue weighted by Crippen LogP contribution is 2.15. The minimum atomic E-state index is -4.23. The zero-order valence-electron chi connectivity index (χ0n) is 12.9. The molecule has 0 rings (SSSR count). The second-order valence-electron chi connectivity index (χ2n) is 5.29. The van der Waals surface area contributed by atoms with Crippen LogP contribution in [0.4, 0.5) is 13.2 Å². The maximum absolute atomic E-state index is 12.0. The molecule has 0 bridgehead atoms. The summed E-state index contributed by atoms with van der Waals surface area (Å²) >= 11 is 0. The third-order valence-corrected chi connectivity index (χ3v) is 3.23. The van der Waals surface area contributed by atoms with Gasteiger partial charge in [-0.3, -0.25) is 0 Å². The van der Waals surface area contributed by atoms with E-state index in [1.807, 2.05) is 6.92 Å². The molecule has 0 fully saturated rings. The third kappa shape index (κ3) is 14.1. The SMILES string of the molecule is CCCCCCCCCC(COCC(F)(F)F)NCC. The second-order valence-corrected chi connectivity index (χ2v) is 5.29. The topological polar surface area (TPSA) is 21.3 Å². The van der Waals surface area contributed by atoms with Crippen molar-refractivity contribution in [1.29, 1.82) is 0 Å². The molecule has 0 aliphatic rings. The number of halogens is 3. The van der Waals surface area contributed by atoms with E-state index in [2.05, 4.69) is 12.2 Å². The number of ether oxygens (including phenoxy) is 1. The highest BCUT2D eigenvalue weighted by atomic mass is 19.4. The molecule has 0 spiro atoms. The molecular formula is C15H30F3NO. The molecule has 1 atom stereocenters. The summed E-state index contributed by atoms with van der Waals surface area (Å²) in [6.45, 7) is 3.91. The molecule has 0 amide bonds. The number of alkyl halides is 3. The van der Waals surface area contributed by atoms with E-state index in [-0.39, 0.29) is 12.6 Å². The van der Waals surface area contributed by atoms with Crippen LogP contribution in [-0.4, -0.2) is 32.0 Å². The van der Waals surface area contributed by atoms with Gasteiger partial charge in [-0.25, -0.2) is 0 Å². The Morgan fingerprint density at radius 3 is 2.10 bits per heavy atom. The van der Waals surface area contributed by atoms with Crippen LogP contribution in [0.2, 0.25) is 0 Å². The van der Waals surface area contributed by atoms with E-state index in [0.29, 0.717) is 0 Å². The smallest absolute Gasteiger partial charge is 0.370 e. The number of rotatable bonds is 13. The molecule has 0 aromatic rings. The lowest BCUT2D eigenvalue weighted by Gasteiger charge is -2.18. The van der Waals surface area contributed by atoms with Crippen LogP contribution in [0.1, 0.15) is 65.2 Å². The number of hydrogen-bond donors (Lipinski definition) is 1. The lowest BCUT2D eigenvalue weighted by Crippen LogP contribution is -2.34. The molecule has 1 unspecified atom stereocenters. The van der Waals surface area contributed by atoms with Gasteiger partial charge in [0.2, 0.25) is 0 Å². The third-order valence-electron chi connectivity index (χ3n) is 3.23. The summed E-state index contributed by atoms with van der Waals surface area (Å²) < 4.78 is 40.7. The van der Waals surface area contributed by atoms with Gasteiger partial charge in [-0.1, -0.05) is 58.8 Å². The highest BCUT2D eigenvalue weighted by Gasteiger charge is 2.27. The molecule has 2 nitrogen and oxygen atoms in total. The number of likely N-dealkylation sites (N-methyl/N-ethyl adjacent to an activating group) is 1. The Labute approximate surface area is 121 Å². The predicted molar refractivity (Wildman–Crippen MR) is 76.9 cm³/mol. The summed E-state index contributed by atoms with van der Waals surface area (Å²) in [6.07, 6.45) is 5.21. The molecule has 20 heavy (non-hydrogen) atoms. The maximum atomic E-state index is 12.0. The molecule has 0 heterocycles. The van der Waals surface area contributed by atoms with Crippen LogP contribution < -0.4 is 5.32 Å². The number of hydrogen-bond acceptors (Lipinski definition) is 2. The lowest BCUT2D eigenvalue weighted by molar-refractivity contribution is -0.175. The van der Waals surface area contributed by atoms with Crippen molar-refractivity contribution in [3.8, 4) is 0 Å². The molecule has 1 N–H and O–H groups in total. The summed E-state index contributed by atoms with van der Waals surface area (Å²) in [4.78, 5) is 0. The van der Waals surface area contributed by atoms with Crippen LogP contribution in [0, 0.1) is 0 Å². The van der Waals surface area contributed by atoms with Gasteiger partial charge < -0.3 is 10.1 Å². The average Bonchev–Trinajstić information content (AvgIpc) is 2.36. The van der Waals surface area contributed by atoms with Gasteiger partial charge >= 0.3 is 6.18 Å². The van der Waals surface area contributed by atoms with E-state index in [1.54, 1.807) is 0 Å². The van der Waals surface area contributed by atoms with Crippen molar-refractivity contribution < 1.29 is 17.9 Å². The average molecular weight is 297 g/mol. The zero-order chi connectivity index (χ0) is 15.3. The van der Waals surface area contributed by atoms with Gasteiger partial charge in [0.25, 0.3) is 0 Å². The number of nitrogens with one attached hydrogen (secondary N) is 1. The minimum absolute atomic E-state index is 0.0398. The summed E-state index contributed by atoms with van der Waals surface area (Å²) in [5, 5.41) is 3.19. The maximum Gasteiger partial charge on any atom is 0.411 e. The first kappa shape index (κ1) is 19.7. The predicted octanol–water partition coefficient (Wildman–Crippen LogP) is 4.68. The van der Waals surface area contributed by atoms with Crippen LogP contribution in [-0.2, 0) is 4.74 Å². The van der Waals surface area contributed by atoms with E-state index >= 15 is 0 Å². The van der Waals surface area contributed by atoms with Crippen molar-refractivity contribution in [3.05, 3.63) is 0 Å². The van der Waals surface area contributed by atoms with E-state index in [4.69, 9.17) is 4.74 Å². The van der Waals surface area contributed by atoms with Crippen molar-refractivity contribution in [2.75, 3.05) is 19.8 Å². The van der Waals surface area contributed by atoms with Crippen molar-refractivity contribution in [1.82, 2.24) is 5.32 Å². The molecule has 0 saturated heterocycles. The Morgan fingerprint density at radius 2 is 1.55 bits per heavy atom. The molecular weight excluding hydrogens is 267 g/mol. The van der Waals surface area contributed by atoms with Crippen molar-refractivity contribution >= 4 is 0 Å². The van der Waals surface area contributed by atoms with Gasteiger partial charge in [0.05, 0.1) is 6.61 Å². The summed E-state index contributed by atoms with van der Waals surface area (Å²) in [7, 11) is 0. The fourth-order valence-corrected chi connectivity index (χ4v) is 2.20. The van der Waals surface area contributed by atoms with Crippen LogP contribution in [0.25, 0.3) is 0 Å². The molecule has 0 aliphatic carbocycles. The van der Waals surface area contributed by atoms with Crippen LogP contribution >= 0.6 is 0 Å². The van der Waals surface area contributed by atoms with E-state index in [1.165, 1.54) is 32.1 Å². The van der Waals surface area contributed by atoms with Crippen LogP contribution in [0.3, 0.4) is 0 Å². The van der Waals surface area contributed by atoms with Crippen molar-refractivity contribution in [3.63, 3.8) is 0 Å². The fraction of sp³-hybridized carbons (Fsp3) is 1.00. The van der Waals surface area contributed by atoms with Crippen molar-refractivity contribution in [2.45, 2.75) is 77.4 Å². The van der Waals surface area contributed by atoms with E-state index in [9.17, 15) is 13.2 Å². The van der Waals surface area contributed by atoms with Gasteiger partial charge in [0, 0.05) is 6.04 Å². The second kappa shape index (κ2) is 12.5. The fourth-order valence-electron chi connectivity index (χ4n) is 2.20. The largest absolute Gasteiger partial charge is 0.411 e. The highest BCUT2D eigenvalue weighted by molar-refractivity contribution is 4.66. The monoisotopic (exact) mass is 297 g/mol. The van der Waals surface area contributed by atoms with E-state index < -0.39 is 12.8 Å². The Balaban J connectivity index is 3.59. The normalized spacial score (nSPS) is 13.7. The molecule has 0 aliphatic heterocycles. The minimum Gasteiger partial charge on any atom is -0.370 e. The van der Waals surface area contributed by atoms with Gasteiger partial charge in [-0.2, -0.15) is 13.2 Å².